The highest BCUT2D eigenvalue weighted by Gasteiger charge is 2.10. The molecule has 1 aromatic heterocycles. The molecule has 3 aromatic rings. The average molecular weight is 365 g/mol. The van der Waals surface area contributed by atoms with Gasteiger partial charge in [0.15, 0.2) is 5.16 Å². The second-order valence-corrected chi connectivity index (χ2v) is 7.70. The molecule has 0 amide bonds. The van der Waals surface area contributed by atoms with Crippen LogP contribution in [0.15, 0.2) is 59.8 Å². The molecule has 4 heteroatoms. The molecule has 1 heterocycles. The number of hydrogen-bond donors (Lipinski definition) is 0. The quantitative estimate of drug-likeness (QED) is 0.380. The van der Waals surface area contributed by atoms with Crippen LogP contribution < -0.4 is 4.74 Å². The van der Waals surface area contributed by atoms with Crippen molar-refractivity contribution in [2.45, 2.75) is 44.5 Å². The lowest BCUT2D eigenvalue weighted by Gasteiger charge is -2.11. The molecule has 0 aliphatic carbocycles. The molecule has 134 valence electrons. The molecule has 0 radical (unpaired) electrons. The fraction of sp³-hybridized carbons (Fsp3) is 0.273. The van der Waals surface area contributed by atoms with Crippen LogP contribution in [0.25, 0.3) is 0 Å². The minimum absolute atomic E-state index is 0.317. The van der Waals surface area contributed by atoms with Crippen molar-refractivity contribution in [3.05, 3.63) is 77.0 Å². The molecule has 3 rings (SSSR count). The lowest BCUT2D eigenvalue weighted by atomic mass is 10.1. The Morgan fingerprint density at radius 2 is 1.50 bits per heavy atom. The van der Waals surface area contributed by atoms with Gasteiger partial charge in [0.25, 0.3) is 0 Å². The third-order valence-electron chi connectivity index (χ3n) is 4.03. The van der Waals surface area contributed by atoms with Crippen molar-refractivity contribution in [2.75, 3.05) is 0 Å². The number of ether oxygens (including phenoxy) is 1. The highest BCUT2D eigenvalue weighted by Crippen LogP contribution is 2.27. The second kappa shape index (κ2) is 8.37. The monoisotopic (exact) mass is 364 g/mol. The first-order chi connectivity index (χ1) is 12.5. The van der Waals surface area contributed by atoms with E-state index in [9.17, 15) is 0 Å². The number of nitrogens with zero attached hydrogens (tertiary/aromatic N) is 2. The lowest BCUT2D eigenvalue weighted by Crippen LogP contribution is -2.00. The molecule has 2 aromatic carbocycles. The minimum atomic E-state index is 0.317. The molecule has 0 spiro atoms. The van der Waals surface area contributed by atoms with Gasteiger partial charge in [-0.1, -0.05) is 73.1 Å². The van der Waals surface area contributed by atoms with Crippen LogP contribution in [0.2, 0.25) is 0 Å². The van der Waals surface area contributed by atoms with E-state index in [0.717, 1.165) is 22.4 Å². The first-order valence-electron chi connectivity index (χ1n) is 8.81. The predicted molar refractivity (Wildman–Crippen MR) is 108 cm³/mol. The van der Waals surface area contributed by atoms with Crippen LogP contribution in [0.3, 0.4) is 0 Å². The Balaban J connectivity index is 1.79. The summed E-state index contributed by atoms with van der Waals surface area (Å²) in [5, 5.41) is 0.749. The summed E-state index contributed by atoms with van der Waals surface area (Å²) in [4.78, 5) is 9.29. The van der Waals surface area contributed by atoms with Crippen LogP contribution >= 0.6 is 11.8 Å². The summed E-state index contributed by atoms with van der Waals surface area (Å²) in [7, 11) is 0. The predicted octanol–water partition coefficient (Wildman–Crippen LogP) is 6.30. The summed E-state index contributed by atoms with van der Waals surface area (Å²) in [6.45, 7) is 8.42. The Morgan fingerprint density at radius 1 is 0.885 bits per heavy atom. The molecule has 0 saturated heterocycles. The van der Waals surface area contributed by atoms with Crippen LogP contribution in [0.4, 0.5) is 0 Å². The molecule has 0 aliphatic heterocycles. The molecule has 0 atom stereocenters. The van der Waals surface area contributed by atoms with Gasteiger partial charge in [0.05, 0.1) is 5.69 Å². The van der Waals surface area contributed by atoms with Crippen molar-refractivity contribution < 1.29 is 4.74 Å². The SMILES string of the molecule is Cc1ccc(CSc2nc(Oc3ccc(C)cc3)cc(C(C)C)n2)cc1. The van der Waals surface area contributed by atoms with Crippen molar-refractivity contribution in [1.29, 1.82) is 0 Å². The number of rotatable bonds is 6. The normalized spacial score (nSPS) is 11.0. The van der Waals surface area contributed by atoms with Crippen molar-refractivity contribution in [2.24, 2.45) is 0 Å². The Hall–Kier alpha value is -2.33. The standard InChI is InChI=1S/C22H24N2OS/c1-15(2)20-13-21(25-19-11-7-17(4)8-12-19)24-22(23-20)26-14-18-9-5-16(3)6-10-18/h5-13,15H,14H2,1-4H3. The van der Waals surface area contributed by atoms with E-state index in [1.165, 1.54) is 16.7 Å². The van der Waals surface area contributed by atoms with Gasteiger partial charge in [0, 0.05) is 11.8 Å². The zero-order valence-electron chi connectivity index (χ0n) is 15.7. The van der Waals surface area contributed by atoms with E-state index < -0.39 is 0 Å². The number of aromatic nitrogens is 2. The molecule has 0 N–H and O–H groups in total. The Kier molecular flexibility index (Phi) is 5.94. The minimum Gasteiger partial charge on any atom is -0.439 e. The molecule has 0 aliphatic rings. The molecule has 26 heavy (non-hydrogen) atoms. The van der Waals surface area contributed by atoms with Gasteiger partial charge in [0.2, 0.25) is 5.88 Å². The first kappa shape index (κ1) is 18.5. The van der Waals surface area contributed by atoms with Crippen molar-refractivity contribution in [3.8, 4) is 11.6 Å². The third-order valence-corrected chi connectivity index (χ3v) is 4.94. The van der Waals surface area contributed by atoms with Crippen molar-refractivity contribution in [3.63, 3.8) is 0 Å². The Morgan fingerprint density at radius 3 is 2.12 bits per heavy atom. The van der Waals surface area contributed by atoms with E-state index in [-0.39, 0.29) is 0 Å². The Labute approximate surface area is 159 Å². The lowest BCUT2D eigenvalue weighted by molar-refractivity contribution is 0.452. The molecular formula is C22H24N2OS. The van der Waals surface area contributed by atoms with E-state index in [2.05, 4.69) is 56.9 Å². The van der Waals surface area contributed by atoms with Crippen LogP contribution in [-0.2, 0) is 5.75 Å². The van der Waals surface area contributed by atoms with Crippen LogP contribution in [0, 0.1) is 13.8 Å². The summed E-state index contributed by atoms with van der Waals surface area (Å²) in [6.07, 6.45) is 0. The maximum Gasteiger partial charge on any atom is 0.223 e. The smallest absolute Gasteiger partial charge is 0.223 e. The summed E-state index contributed by atoms with van der Waals surface area (Å²) in [5.41, 5.74) is 4.73. The average Bonchev–Trinajstić information content (AvgIpc) is 2.63. The summed E-state index contributed by atoms with van der Waals surface area (Å²) in [5.74, 6) is 2.54. The van der Waals surface area contributed by atoms with Gasteiger partial charge in [-0.3, -0.25) is 0 Å². The number of benzene rings is 2. The maximum absolute atomic E-state index is 5.97. The molecule has 0 saturated carbocycles. The highest BCUT2D eigenvalue weighted by atomic mass is 32.2. The highest BCUT2D eigenvalue weighted by molar-refractivity contribution is 7.98. The maximum atomic E-state index is 5.97. The van der Waals surface area contributed by atoms with Gasteiger partial charge in [-0.05, 0) is 37.5 Å². The zero-order chi connectivity index (χ0) is 18.5. The topological polar surface area (TPSA) is 35.0 Å². The molecule has 0 fully saturated rings. The van der Waals surface area contributed by atoms with Gasteiger partial charge in [-0.25, -0.2) is 4.98 Å². The van der Waals surface area contributed by atoms with Crippen molar-refractivity contribution in [1.82, 2.24) is 9.97 Å². The fourth-order valence-corrected chi connectivity index (χ4v) is 3.21. The molecule has 0 bridgehead atoms. The summed E-state index contributed by atoms with van der Waals surface area (Å²) >= 11 is 1.64. The second-order valence-electron chi connectivity index (χ2n) is 6.76. The largest absolute Gasteiger partial charge is 0.439 e. The van der Waals surface area contributed by atoms with Crippen LogP contribution in [0.5, 0.6) is 11.6 Å². The molecule has 0 unspecified atom stereocenters. The van der Waals surface area contributed by atoms with E-state index in [4.69, 9.17) is 9.72 Å². The van der Waals surface area contributed by atoms with E-state index in [0.29, 0.717) is 11.8 Å². The van der Waals surface area contributed by atoms with Gasteiger partial charge >= 0.3 is 0 Å². The summed E-state index contributed by atoms with van der Waals surface area (Å²) in [6, 6.07) is 18.5. The van der Waals surface area contributed by atoms with Gasteiger partial charge < -0.3 is 4.74 Å². The third kappa shape index (κ3) is 5.09. The van der Waals surface area contributed by atoms with Gasteiger partial charge in [0.1, 0.15) is 5.75 Å². The van der Waals surface area contributed by atoms with Crippen LogP contribution in [-0.4, -0.2) is 9.97 Å². The number of aryl methyl sites for hydroxylation is 2. The van der Waals surface area contributed by atoms with E-state index >= 15 is 0 Å². The molecular weight excluding hydrogens is 340 g/mol. The van der Waals surface area contributed by atoms with E-state index in [1.54, 1.807) is 11.8 Å². The first-order valence-corrected chi connectivity index (χ1v) is 9.80. The van der Waals surface area contributed by atoms with Gasteiger partial charge in [-0.2, -0.15) is 4.98 Å². The van der Waals surface area contributed by atoms with Crippen molar-refractivity contribution >= 4 is 11.8 Å². The van der Waals surface area contributed by atoms with Crippen LogP contribution in [0.1, 0.15) is 42.1 Å². The molecule has 3 nitrogen and oxygen atoms in total. The number of thioether (sulfide) groups is 1. The van der Waals surface area contributed by atoms with Gasteiger partial charge in [-0.15, -0.1) is 0 Å². The number of hydrogen-bond acceptors (Lipinski definition) is 4. The van der Waals surface area contributed by atoms with E-state index in [1.807, 2.05) is 30.3 Å². The fourth-order valence-electron chi connectivity index (χ4n) is 2.39. The summed E-state index contributed by atoms with van der Waals surface area (Å²) < 4.78 is 5.97. The Bertz CT molecular complexity index is 858. The zero-order valence-corrected chi connectivity index (χ0v) is 16.5.